The zero-order chi connectivity index (χ0) is 13.7. The van der Waals surface area contributed by atoms with E-state index in [4.69, 9.17) is 11.0 Å². The lowest BCUT2D eigenvalue weighted by molar-refractivity contribution is -0.385. The summed E-state index contributed by atoms with van der Waals surface area (Å²) in [5.41, 5.74) is 5.75. The number of ether oxygens (including phenoxy) is 1. The van der Waals surface area contributed by atoms with E-state index in [2.05, 4.69) is 4.74 Å². The molecule has 0 aliphatic carbocycles. The first-order valence-electron chi connectivity index (χ1n) is 5.00. The predicted octanol–water partition coefficient (Wildman–Crippen LogP) is 0.641. The van der Waals surface area contributed by atoms with Crippen LogP contribution in [-0.4, -0.2) is 18.0 Å². The molecule has 0 amide bonds. The summed E-state index contributed by atoms with van der Waals surface area (Å²) >= 11 is 0. The SMILES string of the molecule is COC(=O)Cc1cc(CN)c(C#N)c([N+](=O)[O-])c1. The number of nitro benzene ring substituents is 1. The molecule has 0 unspecified atom stereocenters. The van der Waals surface area contributed by atoms with Crippen LogP contribution in [0.15, 0.2) is 12.1 Å². The van der Waals surface area contributed by atoms with Gasteiger partial charge in [0.25, 0.3) is 5.69 Å². The number of hydrogen-bond acceptors (Lipinski definition) is 6. The zero-order valence-electron chi connectivity index (χ0n) is 9.67. The lowest BCUT2D eigenvalue weighted by Crippen LogP contribution is -2.08. The van der Waals surface area contributed by atoms with E-state index in [9.17, 15) is 14.9 Å². The summed E-state index contributed by atoms with van der Waals surface area (Å²) in [6.07, 6.45) is -0.101. The Labute approximate surface area is 103 Å². The number of esters is 1. The Morgan fingerprint density at radius 3 is 2.72 bits per heavy atom. The maximum absolute atomic E-state index is 11.1. The van der Waals surface area contributed by atoms with Crippen LogP contribution in [0.3, 0.4) is 0 Å². The number of nitrogens with zero attached hydrogens (tertiary/aromatic N) is 2. The number of carbonyl (C=O) groups is 1. The van der Waals surface area contributed by atoms with Crippen LogP contribution in [-0.2, 0) is 22.5 Å². The van der Waals surface area contributed by atoms with Crippen LogP contribution in [0.2, 0.25) is 0 Å². The molecule has 0 saturated heterocycles. The van der Waals surface area contributed by atoms with Gasteiger partial charge in [0.15, 0.2) is 0 Å². The number of benzene rings is 1. The fourth-order valence-electron chi connectivity index (χ4n) is 1.52. The first kappa shape index (κ1) is 13.6. The normalized spacial score (nSPS) is 9.61. The Hall–Kier alpha value is -2.46. The number of hydrogen-bond donors (Lipinski definition) is 1. The molecule has 0 fully saturated rings. The molecule has 0 atom stereocenters. The Morgan fingerprint density at radius 1 is 1.61 bits per heavy atom. The van der Waals surface area contributed by atoms with Gasteiger partial charge in [0.2, 0.25) is 0 Å². The molecular weight excluding hydrogens is 238 g/mol. The topological polar surface area (TPSA) is 119 Å². The van der Waals surface area contributed by atoms with E-state index in [1.54, 1.807) is 6.07 Å². The van der Waals surface area contributed by atoms with Crippen molar-refractivity contribution in [3.63, 3.8) is 0 Å². The van der Waals surface area contributed by atoms with Gasteiger partial charge in [-0.1, -0.05) is 6.07 Å². The highest BCUT2D eigenvalue weighted by Crippen LogP contribution is 2.24. The van der Waals surface area contributed by atoms with Crippen molar-refractivity contribution in [3.05, 3.63) is 38.9 Å². The summed E-state index contributed by atoms with van der Waals surface area (Å²) < 4.78 is 4.48. The van der Waals surface area contributed by atoms with Crippen molar-refractivity contribution in [2.75, 3.05) is 7.11 Å². The number of nitro groups is 1. The van der Waals surface area contributed by atoms with Gasteiger partial charge in [0, 0.05) is 12.6 Å². The van der Waals surface area contributed by atoms with Gasteiger partial charge in [-0.3, -0.25) is 14.9 Å². The molecule has 0 bridgehead atoms. The molecule has 0 aliphatic rings. The Bertz CT molecular complexity index is 534. The Balaban J connectivity index is 3.33. The summed E-state index contributed by atoms with van der Waals surface area (Å²) in [6, 6.07) is 4.44. The minimum absolute atomic E-state index is 0.0151. The van der Waals surface area contributed by atoms with E-state index in [0.717, 1.165) is 0 Å². The molecule has 0 saturated carbocycles. The molecule has 7 heteroatoms. The van der Waals surface area contributed by atoms with Gasteiger partial charge in [-0.15, -0.1) is 0 Å². The van der Waals surface area contributed by atoms with Crippen molar-refractivity contribution in [3.8, 4) is 6.07 Å². The summed E-state index contributed by atoms with van der Waals surface area (Å²) in [6.45, 7) is -0.0151. The molecule has 94 valence electrons. The second-order valence-electron chi connectivity index (χ2n) is 3.48. The third-order valence-corrected chi connectivity index (χ3v) is 2.36. The molecule has 0 aliphatic heterocycles. The third-order valence-electron chi connectivity index (χ3n) is 2.36. The van der Waals surface area contributed by atoms with E-state index >= 15 is 0 Å². The molecule has 0 radical (unpaired) electrons. The molecule has 7 nitrogen and oxygen atoms in total. The van der Waals surface area contributed by atoms with Crippen LogP contribution < -0.4 is 5.73 Å². The number of nitrogens with two attached hydrogens (primary N) is 1. The maximum Gasteiger partial charge on any atom is 0.309 e. The van der Waals surface area contributed by atoms with Crippen LogP contribution in [0.5, 0.6) is 0 Å². The van der Waals surface area contributed by atoms with Crippen molar-refractivity contribution >= 4 is 11.7 Å². The van der Waals surface area contributed by atoms with Crippen LogP contribution in [0.4, 0.5) is 5.69 Å². The van der Waals surface area contributed by atoms with Gasteiger partial charge in [0.05, 0.1) is 18.5 Å². The zero-order valence-corrected chi connectivity index (χ0v) is 9.67. The fourth-order valence-corrected chi connectivity index (χ4v) is 1.52. The van der Waals surface area contributed by atoms with Crippen molar-refractivity contribution in [2.45, 2.75) is 13.0 Å². The van der Waals surface area contributed by atoms with Crippen LogP contribution in [0, 0.1) is 21.4 Å². The second kappa shape index (κ2) is 5.75. The highest BCUT2D eigenvalue weighted by atomic mass is 16.6. The first-order valence-corrected chi connectivity index (χ1v) is 5.00. The molecular formula is C11H11N3O4. The maximum atomic E-state index is 11.1. The molecule has 0 spiro atoms. The fraction of sp³-hybridized carbons (Fsp3) is 0.273. The first-order chi connectivity index (χ1) is 8.53. The highest BCUT2D eigenvalue weighted by Gasteiger charge is 2.19. The second-order valence-corrected chi connectivity index (χ2v) is 3.48. The average molecular weight is 249 g/mol. The van der Waals surface area contributed by atoms with E-state index in [1.807, 2.05) is 0 Å². The average Bonchev–Trinajstić information content (AvgIpc) is 2.37. The van der Waals surface area contributed by atoms with Gasteiger partial charge in [-0.05, 0) is 11.1 Å². The molecule has 2 N–H and O–H groups in total. The standard InChI is InChI=1S/C11H11N3O4/c1-18-11(15)4-7-2-8(5-12)9(6-13)10(3-7)14(16)17/h2-3H,4-5,12H2,1H3. The Kier molecular flexibility index (Phi) is 4.34. The van der Waals surface area contributed by atoms with Crippen molar-refractivity contribution in [2.24, 2.45) is 5.73 Å². The monoisotopic (exact) mass is 249 g/mol. The smallest absolute Gasteiger partial charge is 0.309 e. The van der Waals surface area contributed by atoms with Crippen molar-refractivity contribution in [1.82, 2.24) is 0 Å². The van der Waals surface area contributed by atoms with E-state index in [0.29, 0.717) is 11.1 Å². The van der Waals surface area contributed by atoms with Crippen molar-refractivity contribution in [1.29, 1.82) is 5.26 Å². The molecule has 0 aromatic heterocycles. The molecule has 1 aromatic rings. The van der Waals surface area contributed by atoms with Gasteiger partial charge >= 0.3 is 5.97 Å². The van der Waals surface area contributed by atoms with Gasteiger partial charge in [0.1, 0.15) is 11.6 Å². The molecule has 18 heavy (non-hydrogen) atoms. The van der Waals surface area contributed by atoms with E-state index < -0.39 is 10.9 Å². The quantitative estimate of drug-likeness (QED) is 0.475. The Morgan fingerprint density at radius 2 is 2.28 bits per heavy atom. The number of carbonyl (C=O) groups excluding carboxylic acids is 1. The summed E-state index contributed by atoms with van der Waals surface area (Å²) in [5.74, 6) is -0.517. The van der Waals surface area contributed by atoms with E-state index in [1.165, 1.54) is 19.2 Å². The number of methoxy groups -OCH3 is 1. The highest BCUT2D eigenvalue weighted by molar-refractivity contribution is 5.73. The van der Waals surface area contributed by atoms with Crippen LogP contribution in [0.25, 0.3) is 0 Å². The number of rotatable bonds is 4. The lowest BCUT2D eigenvalue weighted by Gasteiger charge is -2.06. The van der Waals surface area contributed by atoms with Gasteiger partial charge in [-0.2, -0.15) is 5.26 Å². The van der Waals surface area contributed by atoms with Crippen molar-refractivity contribution < 1.29 is 14.5 Å². The molecule has 0 heterocycles. The van der Waals surface area contributed by atoms with Crippen LogP contribution in [0.1, 0.15) is 16.7 Å². The molecule has 1 rings (SSSR count). The summed E-state index contributed by atoms with van der Waals surface area (Å²) in [5, 5.41) is 19.8. The molecule has 1 aromatic carbocycles. The summed E-state index contributed by atoms with van der Waals surface area (Å²) in [4.78, 5) is 21.3. The third kappa shape index (κ3) is 2.81. The number of nitriles is 1. The van der Waals surface area contributed by atoms with Gasteiger partial charge in [-0.25, -0.2) is 0 Å². The minimum Gasteiger partial charge on any atom is -0.469 e. The largest absolute Gasteiger partial charge is 0.469 e. The summed E-state index contributed by atoms with van der Waals surface area (Å²) in [7, 11) is 1.23. The van der Waals surface area contributed by atoms with Gasteiger partial charge < -0.3 is 10.5 Å². The predicted molar refractivity (Wildman–Crippen MR) is 61.4 cm³/mol. The van der Waals surface area contributed by atoms with E-state index in [-0.39, 0.29) is 24.2 Å². The lowest BCUT2D eigenvalue weighted by atomic mass is 10.0. The van der Waals surface area contributed by atoms with Crippen LogP contribution >= 0.6 is 0 Å². The minimum atomic E-state index is -0.668.